The van der Waals surface area contributed by atoms with Gasteiger partial charge in [-0.15, -0.1) is 0 Å². The fraction of sp³-hybridized carbons (Fsp3) is 0.667. The highest BCUT2D eigenvalue weighted by Crippen LogP contribution is 2.88. The number of para-hydroxylation sites is 2. The van der Waals surface area contributed by atoms with E-state index < -0.39 is 54.7 Å². The van der Waals surface area contributed by atoms with Gasteiger partial charge in [0.05, 0.1) is 0 Å². The first kappa shape index (κ1) is 32.3. The third-order valence-electron chi connectivity index (χ3n) is 4.85. The van der Waals surface area contributed by atoms with Crippen LogP contribution >= 0.6 is 7.72 Å². The van der Waals surface area contributed by atoms with Gasteiger partial charge in [0, 0.05) is 0 Å². The highest BCUT2D eigenvalue weighted by Gasteiger charge is 3.03. The highest BCUT2D eigenvalue weighted by atomic mass is 31.2. The van der Waals surface area contributed by atoms with Crippen molar-refractivity contribution in [1.82, 2.24) is 4.90 Å². The molecule has 18 heteroatoms. The maximum Gasteiger partial charge on any atom is 0.519 e. The molecule has 0 unspecified atom stereocenters. The van der Waals surface area contributed by atoms with Gasteiger partial charge in [0.2, 0.25) is 11.5 Å². The molecule has 0 atom stereocenters. The van der Waals surface area contributed by atoms with Gasteiger partial charge in [0.15, 0.2) is 0 Å². The zero-order chi connectivity index (χ0) is 28.6. The minimum atomic E-state index is -8.08. The maximum absolute atomic E-state index is 14.2. The fourth-order valence-corrected chi connectivity index (χ4v) is 5.38. The lowest BCUT2D eigenvalue weighted by molar-refractivity contribution is -0.349. The van der Waals surface area contributed by atoms with Crippen molar-refractivity contribution >= 4 is 7.72 Å². The van der Waals surface area contributed by atoms with Crippen LogP contribution in [0.4, 0.5) is 61.5 Å². The summed E-state index contributed by atoms with van der Waals surface area (Å²) in [5.41, 5.74) is -14.8. The number of halogens is 14. The van der Waals surface area contributed by atoms with Crippen molar-refractivity contribution in [2.75, 3.05) is 19.6 Å². The molecule has 3 nitrogen and oxygen atoms in total. The van der Waals surface area contributed by atoms with Crippen molar-refractivity contribution in [2.24, 2.45) is 0 Å². The lowest BCUT2D eigenvalue weighted by Gasteiger charge is -2.37. The van der Waals surface area contributed by atoms with Crippen LogP contribution in [-0.4, -0.2) is 60.1 Å². The molecule has 0 saturated heterocycles. The summed E-state index contributed by atoms with van der Waals surface area (Å²) in [6.45, 7) is 10.1. The predicted molar refractivity (Wildman–Crippen MR) is 100.0 cm³/mol. The molecule has 0 radical (unpaired) electrons. The monoisotopic (exact) mass is 578 g/mol. The minimum Gasteiger partial charge on any atom is -0.304 e. The molecule has 0 fully saturated rings. The Balaban J connectivity index is 0.000000809. The molecule has 1 aromatic rings. The van der Waals surface area contributed by atoms with Gasteiger partial charge in [-0.2, -0.15) is 61.5 Å². The van der Waals surface area contributed by atoms with Gasteiger partial charge in [-0.3, -0.25) is 9.05 Å². The van der Waals surface area contributed by atoms with E-state index in [0.717, 1.165) is 12.1 Å². The third kappa shape index (κ3) is 5.01. The van der Waals surface area contributed by atoms with Gasteiger partial charge in [0.1, 0.15) is 0 Å². The third-order valence-corrected chi connectivity index (χ3v) is 7.80. The first-order chi connectivity index (χ1) is 16.0. The Morgan fingerprint density at radius 2 is 0.861 bits per heavy atom. The molecule has 0 saturated carbocycles. The van der Waals surface area contributed by atoms with Crippen LogP contribution in [0.25, 0.3) is 0 Å². The number of alkyl halides is 14. The number of fused-ring (bicyclic) bond motifs is 1. The Morgan fingerprint density at radius 1 is 0.583 bits per heavy atom. The van der Waals surface area contributed by atoms with Gasteiger partial charge in [-0.25, -0.2) is 0 Å². The first-order valence-corrected chi connectivity index (χ1v) is 11.4. The second-order valence-electron chi connectivity index (χ2n) is 7.03. The van der Waals surface area contributed by atoms with Crippen LogP contribution in [-0.2, 0) is 0 Å². The molecule has 210 valence electrons. The molecular formula is C18H19F14NO2P+. The van der Waals surface area contributed by atoms with Crippen molar-refractivity contribution in [2.45, 2.75) is 56.3 Å². The topological polar surface area (TPSA) is 21.7 Å². The first-order valence-electron chi connectivity index (χ1n) is 9.76. The Labute approximate surface area is 195 Å². The van der Waals surface area contributed by atoms with Gasteiger partial charge >= 0.3 is 43.2 Å². The molecule has 2 rings (SSSR count). The molecule has 0 spiro atoms. The quantitative estimate of drug-likeness (QED) is 0.241. The van der Waals surface area contributed by atoms with Crippen molar-refractivity contribution in [3.8, 4) is 11.5 Å². The molecule has 0 amide bonds. The number of nitrogens with zero attached hydrogens (tertiary/aromatic N) is 1. The van der Waals surface area contributed by atoms with Gasteiger partial charge in [-0.1, -0.05) is 32.9 Å². The Kier molecular flexibility index (Phi) is 9.12. The molecule has 1 aliphatic heterocycles. The van der Waals surface area contributed by atoms with Crippen LogP contribution in [0.5, 0.6) is 11.5 Å². The second kappa shape index (κ2) is 10.2. The Morgan fingerprint density at radius 3 is 1.06 bits per heavy atom. The van der Waals surface area contributed by atoms with Crippen LogP contribution in [0, 0.1) is 0 Å². The molecule has 0 bridgehead atoms. The molecule has 36 heavy (non-hydrogen) atoms. The zero-order valence-electron chi connectivity index (χ0n) is 18.4. The van der Waals surface area contributed by atoms with Crippen molar-refractivity contribution in [3.05, 3.63) is 24.3 Å². The summed E-state index contributed by atoms with van der Waals surface area (Å²) >= 11 is 0. The standard InChI is InChI=1S/C12H4F14O2P.C6H15N/c13-7(14,9(17,18)19)11(23,24)29(12(25,26)8(15,16)10(20,21)22)27-5-3-1-2-4-6(5)28-29;1-4-7(5-2)6-3/h1-4H;4-6H2,1-3H3/q+1;. The Bertz CT molecular complexity index is 813. The summed E-state index contributed by atoms with van der Waals surface area (Å²) < 4.78 is 192. The number of hydrogen-bond acceptors (Lipinski definition) is 3. The fourth-order valence-electron chi connectivity index (χ4n) is 2.68. The number of benzene rings is 1. The summed E-state index contributed by atoms with van der Waals surface area (Å²) in [7, 11) is -8.08. The lowest BCUT2D eigenvalue weighted by atomic mass is 10.3. The van der Waals surface area contributed by atoms with E-state index in [1.165, 1.54) is 19.6 Å². The van der Waals surface area contributed by atoms with Crippen LogP contribution in [0.15, 0.2) is 24.3 Å². The van der Waals surface area contributed by atoms with Gasteiger partial charge in [-0.05, 0) is 31.8 Å². The smallest absolute Gasteiger partial charge is 0.304 e. The van der Waals surface area contributed by atoms with Crippen LogP contribution < -0.4 is 9.05 Å². The van der Waals surface area contributed by atoms with Crippen molar-refractivity contribution in [3.63, 3.8) is 0 Å². The summed E-state index contributed by atoms with van der Waals surface area (Å²) in [4.78, 5) is 2.38. The molecular weight excluding hydrogens is 559 g/mol. The normalized spacial score (nSPS) is 16.6. The number of rotatable bonds is 7. The zero-order valence-corrected chi connectivity index (χ0v) is 19.3. The van der Waals surface area contributed by atoms with E-state index in [1.54, 1.807) is 0 Å². The molecule has 0 aromatic heterocycles. The summed E-state index contributed by atoms with van der Waals surface area (Å²) in [5.74, 6) is -18.0. The van der Waals surface area contributed by atoms with Crippen molar-refractivity contribution < 1.29 is 70.5 Å². The average Bonchev–Trinajstić information content (AvgIpc) is 3.15. The van der Waals surface area contributed by atoms with E-state index in [9.17, 15) is 61.5 Å². The molecule has 0 N–H and O–H groups in total. The van der Waals surface area contributed by atoms with Crippen LogP contribution in [0.2, 0.25) is 0 Å². The van der Waals surface area contributed by atoms with Gasteiger partial charge in [0.25, 0.3) is 0 Å². The molecule has 1 aliphatic rings. The maximum atomic E-state index is 14.2. The largest absolute Gasteiger partial charge is 0.519 e. The van der Waals surface area contributed by atoms with E-state index in [1.807, 2.05) is 0 Å². The predicted octanol–water partition coefficient (Wildman–Crippen LogP) is 8.23. The van der Waals surface area contributed by atoms with E-state index in [-0.39, 0.29) is 0 Å². The summed E-state index contributed by atoms with van der Waals surface area (Å²) in [6, 6.07) is 2.17. The molecule has 0 aliphatic carbocycles. The Hall–Kier alpha value is -1.77. The van der Waals surface area contributed by atoms with Crippen molar-refractivity contribution in [1.29, 1.82) is 0 Å². The van der Waals surface area contributed by atoms with E-state index in [0.29, 0.717) is 12.1 Å². The lowest BCUT2D eigenvalue weighted by Crippen LogP contribution is -2.62. The highest BCUT2D eigenvalue weighted by molar-refractivity contribution is 7.70. The van der Waals surface area contributed by atoms with Gasteiger partial charge < -0.3 is 4.90 Å². The second-order valence-corrected chi connectivity index (χ2v) is 9.62. The minimum absolute atomic E-state index is 0.348. The average molecular weight is 578 g/mol. The van der Waals surface area contributed by atoms with E-state index >= 15 is 0 Å². The van der Waals surface area contributed by atoms with Crippen LogP contribution in [0.3, 0.4) is 0 Å². The summed E-state index contributed by atoms with van der Waals surface area (Å²) in [6.07, 6.45) is -14.7. The van der Waals surface area contributed by atoms with E-state index in [2.05, 4.69) is 34.7 Å². The number of hydrogen-bond donors (Lipinski definition) is 0. The van der Waals surface area contributed by atoms with E-state index in [4.69, 9.17) is 0 Å². The van der Waals surface area contributed by atoms with Crippen LogP contribution in [0.1, 0.15) is 20.8 Å². The molecule has 1 aromatic carbocycles. The molecule has 1 heterocycles. The SMILES string of the molecule is CCN(CC)CC.FC(F)(F)C(F)(F)C(F)(F)[P+]1(C(F)(F)C(F)(F)C(F)(F)F)Oc2ccccc2O1. The summed E-state index contributed by atoms with van der Waals surface area (Å²) in [5, 5.41) is 0.